The lowest BCUT2D eigenvalue weighted by Gasteiger charge is -2.31. The zero-order valence-corrected chi connectivity index (χ0v) is 10.9. The van der Waals surface area contributed by atoms with E-state index in [1.807, 2.05) is 24.3 Å². The quantitative estimate of drug-likeness (QED) is 0.818. The van der Waals surface area contributed by atoms with E-state index < -0.39 is 0 Å². The molecule has 0 spiro atoms. The molecule has 0 aliphatic carbocycles. The fourth-order valence-electron chi connectivity index (χ4n) is 2.35. The molecule has 0 saturated carbocycles. The standard InChI is InChI=1S/C13H14N2O2S/c1-17-10-4-2-9(3-5-10)11-8-12(16)14-13-15(11)6-7-18-13/h2-5,11H,6-8H2,1H3. The van der Waals surface area contributed by atoms with Crippen molar-refractivity contribution < 1.29 is 9.53 Å². The predicted octanol–water partition coefficient (Wildman–Crippen LogP) is 2.07. The van der Waals surface area contributed by atoms with Gasteiger partial charge in [-0.1, -0.05) is 23.9 Å². The van der Waals surface area contributed by atoms with E-state index in [-0.39, 0.29) is 11.9 Å². The highest BCUT2D eigenvalue weighted by Crippen LogP contribution is 2.35. The SMILES string of the molecule is COc1ccc(C2CC(=O)N=C3SCCN32)cc1. The smallest absolute Gasteiger partial charge is 0.250 e. The molecule has 1 aromatic carbocycles. The number of benzene rings is 1. The summed E-state index contributed by atoms with van der Waals surface area (Å²) in [7, 11) is 1.65. The van der Waals surface area contributed by atoms with E-state index in [9.17, 15) is 4.79 Å². The number of carbonyl (C=O) groups is 1. The number of fused-ring (bicyclic) bond motifs is 1. The molecule has 1 fully saturated rings. The van der Waals surface area contributed by atoms with Crippen LogP contribution in [0.15, 0.2) is 29.3 Å². The van der Waals surface area contributed by atoms with E-state index in [0.717, 1.165) is 28.8 Å². The van der Waals surface area contributed by atoms with Crippen molar-refractivity contribution in [1.29, 1.82) is 0 Å². The summed E-state index contributed by atoms with van der Waals surface area (Å²) in [5.74, 6) is 1.83. The summed E-state index contributed by atoms with van der Waals surface area (Å²) >= 11 is 1.67. The molecule has 0 N–H and O–H groups in total. The Kier molecular flexibility index (Phi) is 2.99. The second-order valence-electron chi connectivity index (χ2n) is 4.32. The van der Waals surface area contributed by atoms with Crippen molar-refractivity contribution in [1.82, 2.24) is 4.90 Å². The minimum absolute atomic E-state index is 0.0172. The molecule has 0 bridgehead atoms. The predicted molar refractivity (Wildman–Crippen MR) is 72.0 cm³/mol. The van der Waals surface area contributed by atoms with Gasteiger partial charge in [-0.25, -0.2) is 0 Å². The molecule has 3 rings (SSSR count). The Bertz CT molecular complexity index is 498. The van der Waals surface area contributed by atoms with E-state index in [2.05, 4.69) is 9.89 Å². The highest BCUT2D eigenvalue weighted by molar-refractivity contribution is 8.14. The number of aliphatic imine (C=N–C) groups is 1. The lowest BCUT2D eigenvalue weighted by Crippen LogP contribution is -2.35. The molecular formula is C13H14N2O2S. The molecular weight excluding hydrogens is 248 g/mol. The van der Waals surface area contributed by atoms with Gasteiger partial charge in [-0.15, -0.1) is 0 Å². The van der Waals surface area contributed by atoms with Gasteiger partial charge in [0.15, 0.2) is 5.17 Å². The Morgan fingerprint density at radius 1 is 1.39 bits per heavy atom. The number of rotatable bonds is 2. The molecule has 18 heavy (non-hydrogen) atoms. The second-order valence-corrected chi connectivity index (χ2v) is 5.39. The number of hydrogen-bond donors (Lipinski definition) is 0. The highest BCUT2D eigenvalue weighted by Gasteiger charge is 2.34. The first kappa shape index (κ1) is 11.6. The van der Waals surface area contributed by atoms with E-state index in [1.54, 1.807) is 18.9 Å². The molecule has 5 heteroatoms. The van der Waals surface area contributed by atoms with Crippen molar-refractivity contribution in [3.63, 3.8) is 0 Å². The van der Waals surface area contributed by atoms with Gasteiger partial charge in [-0.2, -0.15) is 4.99 Å². The summed E-state index contributed by atoms with van der Waals surface area (Å²) in [4.78, 5) is 18.0. The summed E-state index contributed by atoms with van der Waals surface area (Å²) in [5.41, 5.74) is 1.15. The first-order valence-corrected chi connectivity index (χ1v) is 6.91. The maximum atomic E-state index is 11.7. The summed E-state index contributed by atoms with van der Waals surface area (Å²) in [6.07, 6.45) is 0.469. The minimum atomic E-state index is -0.0172. The Labute approximate surface area is 110 Å². The van der Waals surface area contributed by atoms with Crippen molar-refractivity contribution >= 4 is 22.8 Å². The maximum Gasteiger partial charge on any atom is 0.250 e. The third kappa shape index (κ3) is 1.99. The molecule has 4 nitrogen and oxygen atoms in total. The van der Waals surface area contributed by atoms with Crippen LogP contribution in [0.2, 0.25) is 0 Å². The topological polar surface area (TPSA) is 41.9 Å². The number of nitrogens with zero attached hydrogens (tertiary/aromatic N) is 2. The van der Waals surface area contributed by atoms with E-state index in [4.69, 9.17) is 4.74 Å². The monoisotopic (exact) mass is 262 g/mol. The van der Waals surface area contributed by atoms with Gasteiger partial charge in [0.25, 0.3) is 5.91 Å². The summed E-state index contributed by atoms with van der Waals surface area (Å²) in [5, 5.41) is 0.882. The molecule has 2 aliphatic rings. The lowest BCUT2D eigenvalue weighted by molar-refractivity contribution is -0.119. The Balaban J connectivity index is 1.90. The number of amidine groups is 1. The molecule has 1 aromatic rings. The molecule has 0 radical (unpaired) electrons. The zero-order chi connectivity index (χ0) is 12.5. The first-order valence-electron chi connectivity index (χ1n) is 5.93. The van der Waals surface area contributed by atoms with Gasteiger partial charge >= 0.3 is 0 Å². The molecule has 94 valence electrons. The number of methoxy groups -OCH3 is 1. The van der Waals surface area contributed by atoms with Gasteiger partial charge < -0.3 is 9.64 Å². The van der Waals surface area contributed by atoms with Crippen molar-refractivity contribution in [3.05, 3.63) is 29.8 Å². The summed E-state index contributed by atoms with van der Waals surface area (Å²) in [6, 6.07) is 8.07. The van der Waals surface area contributed by atoms with Crippen LogP contribution in [0.3, 0.4) is 0 Å². The van der Waals surface area contributed by atoms with Crippen LogP contribution in [0, 0.1) is 0 Å². The van der Waals surface area contributed by atoms with Crippen molar-refractivity contribution in [2.24, 2.45) is 4.99 Å². The van der Waals surface area contributed by atoms with Crippen LogP contribution in [0.1, 0.15) is 18.0 Å². The number of thioether (sulfide) groups is 1. The largest absolute Gasteiger partial charge is 0.497 e. The van der Waals surface area contributed by atoms with Crippen LogP contribution < -0.4 is 4.74 Å². The zero-order valence-electron chi connectivity index (χ0n) is 10.1. The number of amides is 1. The van der Waals surface area contributed by atoms with Crippen LogP contribution in [0.4, 0.5) is 0 Å². The third-order valence-corrected chi connectivity index (χ3v) is 4.24. The van der Waals surface area contributed by atoms with Crippen LogP contribution in [-0.2, 0) is 4.79 Å². The minimum Gasteiger partial charge on any atom is -0.497 e. The van der Waals surface area contributed by atoms with Gasteiger partial charge in [0, 0.05) is 12.3 Å². The summed E-state index contributed by atoms with van der Waals surface area (Å²) in [6.45, 7) is 0.966. The maximum absolute atomic E-state index is 11.7. The lowest BCUT2D eigenvalue weighted by atomic mass is 10.0. The average Bonchev–Trinajstić information content (AvgIpc) is 2.86. The van der Waals surface area contributed by atoms with Crippen LogP contribution in [0.5, 0.6) is 5.75 Å². The summed E-state index contributed by atoms with van der Waals surface area (Å²) < 4.78 is 5.16. The van der Waals surface area contributed by atoms with Crippen molar-refractivity contribution in [3.8, 4) is 5.75 Å². The number of carbonyl (C=O) groups excluding carboxylic acids is 1. The fourth-order valence-corrected chi connectivity index (χ4v) is 3.37. The average molecular weight is 262 g/mol. The molecule has 1 amide bonds. The van der Waals surface area contributed by atoms with Crippen LogP contribution >= 0.6 is 11.8 Å². The van der Waals surface area contributed by atoms with E-state index in [1.165, 1.54) is 0 Å². The molecule has 0 aromatic heterocycles. The van der Waals surface area contributed by atoms with Gasteiger partial charge in [0.2, 0.25) is 0 Å². The van der Waals surface area contributed by atoms with E-state index >= 15 is 0 Å². The molecule has 1 unspecified atom stereocenters. The highest BCUT2D eigenvalue weighted by atomic mass is 32.2. The Morgan fingerprint density at radius 3 is 2.89 bits per heavy atom. The normalized spacial score (nSPS) is 22.7. The van der Waals surface area contributed by atoms with Crippen molar-refractivity contribution in [2.75, 3.05) is 19.4 Å². The number of ether oxygens (including phenoxy) is 1. The molecule has 1 saturated heterocycles. The van der Waals surface area contributed by atoms with E-state index in [0.29, 0.717) is 6.42 Å². The van der Waals surface area contributed by atoms with Gasteiger partial charge in [0.1, 0.15) is 5.75 Å². The third-order valence-electron chi connectivity index (χ3n) is 3.27. The Hall–Kier alpha value is -1.49. The second kappa shape index (κ2) is 4.65. The molecule has 1 atom stereocenters. The first-order chi connectivity index (χ1) is 8.78. The molecule has 2 aliphatic heterocycles. The number of hydrogen-bond acceptors (Lipinski definition) is 4. The van der Waals surface area contributed by atoms with Crippen LogP contribution in [0.25, 0.3) is 0 Å². The van der Waals surface area contributed by atoms with Gasteiger partial charge in [0.05, 0.1) is 19.6 Å². The van der Waals surface area contributed by atoms with Crippen LogP contribution in [-0.4, -0.2) is 35.4 Å². The Morgan fingerprint density at radius 2 is 2.17 bits per heavy atom. The van der Waals surface area contributed by atoms with Crippen molar-refractivity contribution in [2.45, 2.75) is 12.5 Å². The molecule has 2 heterocycles. The fraction of sp³-hybridized carbons (Fsp3) is 0.385. The van der Waals surface area contributed by atoms with Gasteiger partial charge in [-0.3, -0.25) is 4.79 Å². The van der Waals surface area contributed by atoms with Gasteiger partial charge in [-0.05, 0) is 17.7 Å².